The Labute approximate surface area is 773 Å². The fourth-order valence-electron chi connectivity index (χ4n) is 7.73. The fraction of sp³-hybridized carbons (Fsp3) is 0.226. The van der Waals surface area contributed by atoms with Crippen LogP contribution in [0.1, 0.15) is 132 Å². The lowest BCUT2D eigenvalue weighted by atomic mass is 9.95. The van der Waals surface area contributed by atoms with Crippen LogP contribution in [-0.4, -0.2) is 132 Å². The van der Waals surface area contributed by atoms with Gasteiger partial charge in [-0.15, -0.1) is 0 Å². The largest absolute Gasteiger partial charge is 0.508 e. The molecular weight excluding hydrogens is 2800 g/mol. The second kappa shape index (κ2) is 46.9. The van der Waals surface area contributed by atoms with Gasteiger partial charge in [0.25, 0.3) is 28.2 Å². The molecular formula is C62H56Cl4I12N6O19. The number of benzene rings is 5. The molecule has 41 heteroatoms. The minimum atomic E-state index is -1.12. The fourth-order valence-corrected chi connectivity index (χ4v) is 27.4. The quantitative estimate of drug-likeness (QED) is 0.00721. The number of halogens is 16. The summed E-state index contributed by atoms with van der Waals surface area (Å²) in [4.78, 5) is 118. The zero-order valence-corrected chi connectivity index (χ0v) is 82.1. The predicted molar refractivity (Wildman–Crippen MR) is 500 cm³/mol. The number of carboxylic acid groups (broad SMARTS) is 2. The number of nitrogens with two attached hydrogens (primary N) is 3. The number of rotatable bonds is 23. The molecule has 0 saturated heterocycles. The van der Waals surface area contributed by atoms with E-state index in [1.165, 1.54) is 45.9 Å². The van der Waals surface area contributed by atoms with Crippen LogP contribution in [0.2, 0.25) is 0 Å². The van der Waals surface area contributed by atoms with Crippen molar-refractivity contribution < 1.29 is 93.2 Å². The van der Waals surface area contributed by atoms with Crippen LogP contribution >= 0.6 is 317 Å². The van der Waals surface area contributed by atoms with E-state index in [0.29, 0.717) is 95.6 Å². The van der Waals surface area contributed by atoms with Gasteiger partial charge in [0.15, 0.2) is 18.0 Å². The molecule has 103 heavy (non-hydrogen) atoms. The molecule has 0 radical (unpaired) electrons. The molecule has 560 valence electrons. The van der Waals surface area contributed by atoms with E-state index in [2.05, 4.69) is 64.9 Å². The number of hydrogen-bond acceptors (Lipinski definition) is 20. The maximum atomic E-state index is 13.2. The van der Waals surface area contributed by atoms with E-state index in [-0.39, 0.29) is 80.5 Å². The number of nitrogens with one attached hydrogen (secondary N) is 3. The smallest absolute Gasteiger partial charge is 0.337 e. The number of carbonyl (C=O) groups excluding carboxylic acids is 8. The molecule has 1 unspecified atom stereocenters. The van der Waals surface area contributed by atoms with Crippen LogP contribution in [-0.2, 0) is 28.7 Å². The average molecular weight is 2850 g/mol. The van der Waals surface area contributed by atoms with E-state index in [1.54, 1.807) is 0 Å². The molecule has 0 aliphatic heterocycles. The van der Waals surface area contributed by atoms with E-state index < -0.39 is 83.5 Å². The summed E-state index contributed by atoms with van der Waals surface area (Å²) in [5, 5.41) is 71.6. The second-order valence-electron chi connectivity index (χ2n) is 20.2. The summed E-state index contributed by atoms with van der Waals surface area (Å²) in [7, 11) is 0. The third-order valence-corrected chi connectivity index (χ3v) is 26.7. The summed E-state index contributed by atoms with van der Waals surface area (Å²) in [6.07, 6.45) is -1.50. The van der Waals surface area contributed by atoms with Gasteiger partial charge < -0.3 is 78.4 Å². The number of Topliss-reactive ketones (excluding diaryl/α,β-unsaturated/α-hetero) is 1. The van der Waals surface area contributed by atoms with Crippen molar-refractivity contribution in [1.29, 1.82) is 0 Å². The first-order chi connectivity index (χ1) is 47.5. The number of hydrogen-bond donors (Lipinski definition) is 13. The van der Waals surface area contributed by atoms with Gasteiger partial charge in [-0.1, -0.05) is 62.9 Å². The highest BCUT2D eigenvalue weighted by atomic mass is 127. The summed E-state index contributed by atoms with van der Waals surface area (Å²) in [6, 6.07) is 3.16. The third-order valence-electron chi connectivity index (χ3n) is 12.8. The Balaban J connectivity index is 0.000000674. The van der Waals surface area contributed by atoms with Gasteiger partial charge in [0.05, 0.1) is 84.1 Å². The standard InChI is InChI=1S/C21H27I3N2O8.C14H10Cl2I3NO4.C9H4Cl2I3NO.C9H6I3NO3.C9H9NO3/c1-4-11(6-27)5-13(31)14-16(22)15(21(33)25-12(7-28)8-29)18(24)19(17(14)23)26-20(32)9(2)34-10(3)30;1-4(15)7-9(17)8(13(16)22)11(19)12(10(7)18)20-14(23)5(2)24-6(3)21;1-2(10)3-5(12)4(9(11)16)7(14)8(15)6(3)13;1-2(14)3-5(10)4(9(15)16)7(12)8(13)6(3)11;1-5(11)6-2-7(9(12)13)4-8(10)3-6/h9,11-12,27-29H,4-8H2,1-3H3,(H,25,33)(H,26,32);5H,1H2,2-3H3,(H,20,23);1,15H2;14H,1,13H2,(H,15,16);2-4,11H,1,10H2,(H,12,13)/t9-,11?;5-;;;/m00.../s1. The minimum Gasteiger partial charge on any atom is -0.508 e. The highest BCUT2D eigenvalue weighted by Crippen LogP contribution is 2.43. The van der Waals surface area contributed by atoms with E-state index in [1.807, 2.05) is 255 Å². The summed E-state index contributed by atoms with van der Waals surface area (Å²) in [5.74, 6) is -6.18. The molecule has 0 fully saturated rings. The van der Waals surface area contributed by atoms with E-state index >= 15 is 0 Å². The first kappa shape index (κ1) is 100. The third kappa shape index (κ3) is 28.4. The van der Waals surface area contributed by atoms with Crippen LogP contribution in [0.3, 0.4) is 0 Å². The van der Waals surface area contributed by atoms with Gasteiger partial charge in [-0.2, -0.15) is 0 Å². The normalized spacial score (nSPS) is 11.3. The lowest BCUT2D eigenvalue weighted by molar-refractivity contribution is -0.151. The van der Waals surface area contributed by atoms with Crippen molar-refractivity contribution in [3.63, 3.8) is 0 Å². The lowest BCUT2D eigenvalue weighted by Crippen LogP contribution is -2.41. The lowest BCUT2D eigenvalue weighted by Gasteiger charge is -2.22. The number of carboxylic acids is 2. The molecule has 0 aliphatic rings. The molecule has 5 aromatic carbocycles. The van der Waals surface area contributed by atoms with Crippen LogP contribution in [0.5, 0.6) is 0 Å². The Bertz CT molecular complexity index is 3980. The molecule has 3 amide bonds. The van der Waals surface area contributed by atoms with Gasteiger partial charge in [0, 0.05) is 99.0 Å². The Morgan fingerprint density at radius 3 is 1.17 bits per heavy atom. The molecule has 0 bridgehead atoms. The van der Waals surface area contributed by atoms with Crippen molar-refractivity contribution in [2.45, 2.75) is 65.7 Å². The monoisotopic (exact) mass is 2850 g/mol. The van der Waals surface area contributed by atoms with Crippen molar-refractivity contribution in [3.05, 3.63) is 143 Å². The van der Waals surface area contributed by atoms with Crippen molar-refractivity contribution in [3.8, 4) is 0 Å². The van der Waals surface area contributed by atoms with E-state index in [4.69, 9.17) is 88.4 Å². The summed E-state index contributed by atoms with van der Waals surface area (Å²) in [5.41, 5.74) is 21.7. The first-order valence-electron chi connectivity index (χ1n) is 27.7. The van der Waals surface area contributed by atoms with E-state index in [9.17, 15) is 68.4 Å². The Hall–Kier alpha value is -0.840. The molecule has 0 heterocycles. The topological polar surface area (TPSA) is 445 Å². The van der Waals surface area contributed by atoms with Crippen LogP contribution in [0.4, 0.5) is 28.4 Å². The maximum absolute atomic E-state index is 13.2. The molecule has 3 atom stereocenters. The van der Waals surface area contributed by atoms with Crippen molar-refractivity contribution in [1.82, 2.24) is 5.32 Å². The van der Waals surface area contributed by atoms with Crippen LogP contribution in [0.25, 0.3) is 21.6 Å². The molecule has 0 aromatic heterocycles. The average Bonchev–Trinajstić information content (AvgIpc) is 0.779. The van der Waals surface area contributed by atoms with Crippen molar-refractivity contribution in [2.75, 3.05) is 47.7 Å². The number of ether oxygens (including phenoxy) is 2. The molecule has 5 aromatic rings. The molecule has 16 N–H and O–H groups in total. The second-order valence-corrected chi connectivity index (χ2v) is 34.7. The summed E-state index contributed by atoms with van der Waals surface area (Å²) >= 11 is 46.5. The Morgan fingerprint density at radius 2 is 0.816 bits per heavy atom. The summed E-state index contributed by atoms with van der Waals surface area (Å²) in [6.45, 7) is 19.9. The number of aliphatic hydroxyl groups excluding tert-OH is 5. The van der Waals surface area contributed by atoms with Crippen molar-refractivity contribution in [2.24, 2.45) is 5.92 Å². The van der Waals surface area contributed by atoms with Gasteiger partial charge in [0.2, 0.25) is 0 Å². The van der Waals surface area contributed by atoms with Gasteiger partial charge in [-0.05, 0) is 332 Å². The van der Waals surface area contributed by atoms with Crippen LogP contribution in [0.15, 0.2) is 44.5 Å². The van der Waals surface area contributed by atoms with E-state index in [0.717, 1.165) is 3.57 Å². The number of nitrogen functional groups attached to an aromatic ring is 3. The minimum absolute atomic E-state index is 0.0326. The highest BCUT2D eigenvalue weighted by Gasteiger charge is 2.33. The summed E-state index contributed by atoms with van der Waals surface area (Å²) < 4.78 is 16.1. The van der Waals surface area contributed by atoms with Gasteiger partial charge >= 0.3 is 23.9 Å². The van der Waals surface area contributed by atoms with Gasteiger partial charge in [0.1, 0.15) is 11.5 Å². The number of aliphatic hydroxyl groups is 5. The molecule has 0 saturated carbocycles. The zero-order valence-electron chi connectivity index (χ0n) is 53.2. The number of aromatic carboxylic acids is 2. The molecule has 0 spiro atoms. The highest BCUT2D eigenvalue weighted by molar-refractivity contribution is 14.1. The predicted octanol–water partition coefficient (Wildman–Crippen LogP) is 16.5. The van der Waals surface area contributed by atoms with Gasteiger partial charge in [-0.3, -0.25) is 38.4 Å². The molecule has 25 nitrogen and oxygen atoms in total. The maximum Gasteiger partial charge on any atom is 0.337 e. The number of amides is 3. The van der Waals surface area contributed by atoms with Crippen LogP contribution in [0, 0.1) is 48.8 Å². The molecule has 0 aliphatic carbocycles. The number of esters is 2. The van der Waals surface area contributed by atoms with Crippen molar-refractivity contribution >= 4 is 425 Å². The SMILES string of the molecule is C=C(Cl)c1c(I)c(N)c(I)c(C(=O)Cl)c1I.C=C(Cl)c1c(I)c(NC(=O)[C@H](C)OC(C)=O)c(I)c(C(=O)Cl)c1I.C=C(O)c1c(I)c(N)c(I)c(C(=O)O)c1I.C=C(O)c1cc(N)cc(C(=O)O)c1.CCC(CO)CC(=O)c1c(I)c(NC(=O)[C@H](C)OC(C)=O)c(I)c(C(=O)NC(CO)CO)c1I. The zero-order chi connectivity index (χ0) is 80.2. The number of ketones is 1. The Kier molecular flexibility index (Phi) is 45.6. The Morgan fingerprint density at radius 1 is 0.466 bits per heavy atom. The number of carbonyl (C=O) groups is 10. The molecule has 5 rings (SSSR count). The van der Waals surface area contributed by atoms with Gasteiger partial charge in [-0.25, -0.2) is 9.59 Å². The number of anilines is 5. The van der Waals surface area contributed by atoms with Crippen LogP contribution < -0.4 is 33.2 Å². The first-order valence-corrected chi connectivity index (χ1v) is 42.1.